The van der Waals surface area contributed by atoms with E-state index in [-0.39, 0.29) is 28.8 Å². The number of rotatable bonds is 6. The van der Waals surface area contributed by atoms with E-state index in [9.17, 15) is 19.7 Å². The van der Waals surface area contributed by atoms with Gasteiger partial charge in [-0.25, -0.2) is 0 Å². The number of nitro benzene ring substituents is 1. The van der Waals surface area contributed by atoms with Gasteiger partial charge in [0.05, 0.1) is 4.92 Å². The third-order valence-corrected chi connectivity index (χ3v) is 3.52. The number of carbonyl (C=O) groups is 2. The van der Waals surface area contributed by atoms with Gasteiger partial charge in [-0.15, -0.1) is 0 Å². The van der Waals surface area contributed by atoms with Crippen LogP contribution >= 0.6 is 0 Å². The number of hydrogen-bond donors (Lipinski definition) is 2. The molecular weight excluding hydrogens is 338 g/mol. The Hall–Kier alpha value is -3.42. The van der Waals surface area contributed by atoms with Gasteiger partial charge in [-0.1, -0.05) is 13.8 Å². The van der Waals surface area contributed by atoms with E-state index in [2.05, 4.69) is 10.6 Å². The van der Waals surface area contributed by atoms with Gasteiger partial charge in [0.1, 0.15) is 5.75 Å². The van der Waals surface area contributed by atoms with Gasteiger partial charge >= 0.3 is 5.69 Å². The zero-order valence-electron chi connectivity index (χ0n) is 14.6. The fraction of sp³-hybridized carbons (Fsp3) is 0.222. The van der Waals surface area contributed by atoms with Gasteiger partial charge in [0.25, 0.3) is 5.91 Å². The standard InChI is InChI=1S/C18H19N3O5/c1-11(2)17(22)20-13-5-7-14(8-6-13)26-16-9-4-12(18(23)19-3)10-15(16)21(24)25/h4-11H,1-3H3,(H,19,23)(H,20,22). The molecule has 26 heavy (non-hydrogen) atoms. The van der Waals surface area contributed by atoms with Crippen LogP contribution in [0.2, 0.25) is 0 Å². The molecule has 2 aromatic carbocycles. The predicted octanol–water partition coefficient (Wildman–Crippen LogP) is 3.34. The van der Waals surface area contributed by atoms with Crippen LogP contribution in [0.5, 0.6) is 11.5 Å². The highest BCUT2D eigenvalue weighted by Crippen LogP contribution is 2.32. The quantitative estimate of drug-likeness (QED) is 0.608. The molecule has 0 saturated heterocycles. The lowest BCUT2D eigenvalue weighted by molar-refractivity contribution is -0.385. The molecule has 0 aromatic heterocycles. The van der Waals surface area contributed by atoms with Crippen LogP contribution < -0.4 is 15.4 Å². The average Bonchev–Trinajstić information content (AvgIpc) is 2.62. The van der Waals surface area contributed by atoms with Gasteiger partial charge in [0.2, 0.25) is 11.7 Å². The summed E-state index contributed by atoms with van der Waals surface area (Å²) in [7, 11) is 1.44. The van der Waals surface area contributed by atoms with Crippen molar-refractivity contribution in [2.75, 3.05) is 12.4 Å². The fourth-order valence-corrected chi connectivity index (χ4v) is 2.05. The number of ether oxygens (including phenoxy) is 1. The first-order valence-electron chi connectivity index (χ1n) is 7.91. The van der Waals surface area contributed by atoms with E-state index in [1.54, 1.807) is 38.1 Å². The number of amides is 2. The van der Waals surface area contributed by atoms with Crippen LogP contribution in [0.4, 0.5) is 11.4 Å². The molecule has 0 bridgehead atoms. The average molecular weight is 357 g/mol. The number of nitro groups is 1. The number of nitrogens with zero attached hydrogens (tertiary/aromatic N) is 1. The van der Waals surface area contributed by atoms with E-state index in [1.165, 1.54) is 19.2 Å². The molecule has 0 aliphatic rings. The summed E-state index contributed by atoms with van der Waals surface area (Å²) in [6.45, 7) is 3.57. The molecule has 0 aliphatic heterocycles. The van der Waals surface area contributed by atoms with E-state index in [0.29, 0.717) is 11.4 Å². The van der Waals surface area contributed by atoms with E-state index in [1.807, 2.05) is 0 Å². The molecule has 8 nitrogen and oxygen atoms in total. The maximum absolute atomic E-state index is 11.7. The van der Waals surface area contributed by atoms with E-state index in [0.717, 1.165) is 6.07 Å². The Balaban J connectivity index is 2.21. The first-order chi connectivity index (χ1) is 12.3. The van der Waals surface area contributed by atoms with Crippen molar-refractivity contribution in [3.05, 3.63) is 58.1 Å². The van der Waals surface area contributed by atoms with Crippen LogP contribution in [0.3, 0.4) is 0 Å². The van der Waals surface area contributed by atoms with Crippen molar-refractivity contribution < 1.29 is 19.2 Å². The third kappa shape index (κ3) is 4.56. The molecule has 136 valence electrons. The second-order valence-corrected chi connectivity index (χ2v) is 5.79. The highest BCUT2D eigenvalue weighted by Gasteiger charge is 2.19. The Kier molecular flexibility index (Phi) is 5.90. The molecule has 2 aromatic rings. The molecule has 2 rings (SSSR count). The van der Waals surface area contributed by atoms with Crippen molar-refractivity contribution in [3.8, 4) is 11.5 Å². The maximum Gasteiger partial charge on any atom is 0.312 e. The van der Waals surface area contributed by atoms with Crippen molar-refractivity contribution in [2.45, 2.75) is 13.8 Å². The molecule has 2 N–H and O–H groups in total. The molecule has 0 fully saturated rings. The summed E-state index contributed by atoms with van der Waals surface area (Å²) >= 11 is 0. The molecule has 0 saturated carbocycles. The van der Waals surface area contributed by atoms with Gasteiger partial charge in [0.15, 0.2) is 0 Å². The fourth-order valence-electron chi connectivity index (χ4n) is 2.05. The molecule has 0 atom stereocenters. The summed E-state index contributed by atoms with van der Waals surface area (Å²) in [6, 6.07) is 10.4. The summed E-state index contributed by atoms with van der Waals surface area (Å²) in [5, 5.41) is 16.4. The van der Waals surface area contributed by atoms with Crippen LogP contribution in [0.1, 0.15) is 24.2 Å². The van der Waals surface area contributed by atoms with Crippen molar-refractivity contribution in [1.29, 1.82) is 0 Å². The molecule has 0 radical (unpaired) electrons. The lowest BCUT2D eigenvalue weighted by atomic mass is 10.1. The monoisotopic (exact) mass is 357 g/mol. The van der Waals surface area contributed by atoms with Gasteiger partial charge in [-0.05, 0) is 36.4 Å². The molecule has 0 aliphatic carbocycles. The first-order valence-corrected chi connectivity index (χ1v) is 7.91. The van der Waals surface area contributed by atoms with Crippen molar-refractivity contribution in [2.24, 2.45) is 5.92 Å². The summed E-state index contributed by atoms with van der Waals surface area (Å²) < 4.78 is 5.56. The van der Waals surface area contributed by atoms with Crippen LogP contribution in [-0.4, -0.2) is 23.8 Å². The maximum atomic E-state index is 11.7. The summed E-state index contributed by atoms with van der Waals surface area (Å²) in [5.41, 5.74) is 0.446. The zero-order valence-corrected chi connectivity index (χ0v) is 14.6. The first kappa shape index (κ1) is 18.9. The lowest BCUT2D eigenvalue weighted by Crippen LogP contribution is -2.17. The van der Waals surface area contributed by atoms with E-state index < -0.39 is 10.8 Å². The minimum atomic E-state index is -0.612. The van der Waals surface area contributed by atoms with Gasteiger partial charge in [-0.2, -0.15) is 0 Å². The summed E-state index contributed by atoms with van der Waals surface area (Å²) in [4.78, 5) is 33.9. The molecule has 0 heterocycles. The van der Waals surface area contributed by atoms with Crippen LogP contribution in [-0.2, 0) is 4.79 Å². The second kappa shape index (κ2) is 8.11. The number of anilines is 1. The van der Waals surface area contributed by atoms with Crippen molar-refractivity contribution in [1.82, 2.24) is 5.32 Å². The van der Waals surface area contributed by atoms with Gasteiger partial charge in [-0.3, -0.25) is 19.7 Å². The molecule has 0 spiro atoms. The largest absolute Gasteiger partial charge is 0.450 e. The lowest BCUT2D eigenvalue weighted by Gasteiger charge is -2.10. The highest BCUT2D eigenvalue weighted by molar-refractivity contribution is 5.95. The molecular formula is C18H19N3O5. The van der Waals surface area contributed by atoms with Crippen molar-refractivity contribution in [3.63, 3.8) is 0 Å². The van der Waals surface area contributed by atoms with Gasteiger partial charge in [0, 0.05) is 30.3 Å². The number of benzene rings is 2. The Morgan fingerprint density at radius 1 is 1.12 bits per heavy atom. The summed E-state index contributed by atoms with van der Waals surface area (Å²) in [6.07, 6.45) is 0. The topological polar surface area (TPSA) is 111 Å². The van der Waals surface area contributed by atoms with Crippen LogP contribution in [0, 0.1) is 16.0 Å². The Morgan fingerprint density at radius 3 is 2.31 bits per heavy atom. The normalized spacial score (nSPS) is 10.3. The minimum Gasteiger partial charge on any atom is -0.450 e. The zero-order chi connectivity index (χ0) is 19.3. The van der Waals surface area contributed by atoms with Crippen molar-refractivity contribution >= 4 is 23.2 Å². The number of carbonyl (C=O) groups excluding carboxylic acids is 2. The van der Waals surface area contributed by atoms with Crippen LogP contribution in [0.25, 0.3) is 0 Å². The Labute approximate surface area is 150 Å². The third-order valence-electron chi connectivity index (χ3n) is 3.52. The molecule has 2 amide bonds. The SMILES string of the molecule is CNC(=O)c1ccc(Oc2ccc(NC(=O)C(C)C)cc2)c([N+](=O)[O-])c1. The van der Waals surface area contributed by atoms with Crippen LogP contribution in [0.15, 0.2) is 42.5 Å². The number of hydrogen-bond acceptors (Lipinski definition) is 5. The van der Waals surface area contributed by atoms with Gasteiger partial charge < -0.3 is 15.4 Å². The smallest absolute Gasteiger partial charge is 0.312 e. The summed E-state index contributed by atoms with van der Waals surface area (Å²) in [5.74, 6) is -0.304. The second-order valence-electron chi connectivity index (χ2n) is 5.79. The Morgan fingerprint density at radius 2 is 1.77 bits per heavy atom. The molecule has 0 unspecified atom stereocenters. The highest BCUT2D eigenvalue weighted by atomic mass is 16.6. The minimum absolute atomic E-state index is 0.0154. The number of nitrogens with one attached hydrogen (secondary N) is 2. The van der Waals surface area contributed by atoms with E-state index >= 15 is 0 Å². The predicted molar refractivity (Wildman–Crippen MR) is 96.5 cm³/mol. The van der Waals surface area contributed by atoms with E-state index in [4.69, 9.17) is 4.74 Å². The Bertz CT molecular complexity index is 831. The molecule has 8 heteroatoms.